The van der Waals surface area contributed by atoms with Crippen LogP contribution in [-0.2, 0) is 13.5 Å². The van der Waals surface area contributed by atoms with E-state index in [1.54, 1.807) is 0 Å². The molecule has 0 bridgehead atoms. The molecule has 0 saturated carbocycles. The average molecular weight is 322 g/mol. The molecule has 0 amide bonds. The molecule has 1 aromatic heterocycles. The minimum absolute atomic E-state index is 0.0447. The highest BCUT2D eigenvalue weighted by Gasteiger charge is 2.19. The lowest BCUT2D eigenvalue weighted by Gasteiger charge is -2.20. The molecule has 2 aromatic rings. The summed E-state index contributed by atoms with van der Waals surface area (Å²) in [5.74, 6) is 0.355. The van der Waals surface area contributed by atoms with Crippen molar-refractivity contribution in [3.05, 3.63) is 51.8 Å². The van der Waals surface area contributed by atoms with Gasteiger partial charge in [-0.2, -0.15) is 5.10 Å². The molecule has 3 nitrogen and oxygen atoms in total. The van der Waals surface area contributed by atoms with E-state index in [2.05, 4.69) is 40.1 Å². The van der Waals surface area contributed by atoms with Crippen LogP contribution < -0.4 is 5.73 Å². The molecule has 102 valence electrons. The van der Waals surface area contributed by atoms with E-state index in [4.69, 9.17) is 5.73 Å². The Bertz CT molecular complexity index is 548. The number of aromatic nitrogens is 2. The number of hydrogen-bond acceptors (Lipinski definition) is 2. The molecular formula is C15H20BrN3. The fourth-order valence-corrected chi connectivity index (χ4v) is 2.84. The van der Waals surface area contributed by atoms with Crippen molar-refractivity contribution in [2.24, 2.45) is 18.7 Å². The highest BCUT2D eigenvalue weighted by atomic mass is 79.9. The van der Waals surface area contributed by atoms with Crippen LogP contribution in [0, 0.1) is 12.8 Å². The summed E-state index contributed by atoms with van der Waals surface area (Å²) in [7, 11) is 1.98. The van der Waals surface area contributed by atoms with Gasteiger partial charge in [0.1, 0.15) is 0 Å². The Labute approximate surface area is 122 Å². The van der Waals surface area contributed by atoms with Crippen molar-refractivity contribution in [1.82, 2.24) is 9.78 Å². The molecule has 2 atom stereocenters. The molecular weight excluding hydrogens is 302 g/mol. The first kappa shape index (κ1) is 14.3. The first-order valence-electron chi connectivity index (χ1n) is 6.49. The van der Waals surface area contributed by atoms with Crippen LogP contribution in [0.3, 0.4) is 0 Å². The SMILES string of the molecule is Cc1nn(C)c(CC(C)C(N)c2ccccc2)c1Br. The van der Waals surface area contributed by atoms with Gasteiger partial charge < -0.3 is 5.73 Å². The second-order valence-electron chi connectivity index (χ2n) is 5.09. The number of nitrogens with zero attached hydrogens (tertiary/aromatic N) is 2. The van der Waals surface area contributed by atoms with Crippen molar-refractivity contribution in [3.8, 4) is 0 Å². The van der Waals surface area contributed by atoms with Gasteiger partial charge in [-0.15, -0.1) is 0 Å². The number of aryl methyl sites for hydroxylation is 2. The van der Waals surface area contributed by atoms with Crippen LogP contribution in [0.1, 0.15) is 29.9 Å². The highest BCUT2D eigenvalue weighted by Crippen LogP contribution is 2.27. The van der Waals surface area contributed by atoms with Crippen molar-refractivity contribution < 1.29 is 0 Å². The topological polar surface area (TPSA) is 43.8 Å². The largest absolute Gasteiger partial charge is 0.324 e. The normalized spacial score (nSPS) is 14.4. The van der Waals surface area contributed by atoms with Crippen molar-refractivity contribution in [3.63, 3.8) is 0 Å². The maximum atomic E-state index is 6.35. The van der Waals surface area contributed by atoms with E-state index in [9.17, 15) is 0 Å². The molecule has 19 heavy (non-hydrogen) atoms. The molecule has 0 saturated heterocycles. The van der Waals surface area contributed by atoms with E-state index in [-0.39, 0.29) is 6.04 Å². The maximum Gasteiger partial charge on any atom is 0.0738 e. The minimum Gasteiger partial charge on any atom is -0.324 e. The van der Waals surface area contributed by atoms with Gasteiger partial charge in [-0.1, -0.05) is 37.3 Å². The Morgan fingerprint density at radius 2 is 1.95 bits per heavy atom. The molecule has 0 fully saturated rings. The second-order valence-corrected chi connectivity index (χ2v) is 5.88. The molecule has 0 aliphatic heterocycles. The van der Waals surface area contributed by atoms with Crippen LogP contribution in [0.25, 0.3) is 0 Å². The van der Waals surface area contributed by atoms with Crippen LogP contribution >= 0.6 is 15.9 Å². The molecule has 2 rings (SSSR count). The third kappa shape index (κ3) is 3.07. The minimum atomic E-state index is 0.0447. The van der Waals surface area contributed by atoms with Gasteiger partial charge >= 0.3 is 0 Å². The second kappa shape index (κ2) is 5.88. The summed E-state index contributed by atoms with van der Waals surface area (Å²) in [4.78, 5) is 0. The number of nitrogens with two attached hydrogens (primary N) is 1. The fraction of sp³-hybridized carbons (Fsp3) is 0.400. The third-order valence-electron chi connectivity index (χ3n) is 3.57. The van der Waals surface area contributed by atoms with Crippen LogP contribution in [0.2, 0.25) is 0 Å². The molecule has 4 heteroatoms. The van der Waals surface area contributed by atoms with Crippen molar-refractivity contribution in [1.29, 1.82) is 0 Å². The smallest absolute Gasteiger partial charge is 0.0738 e. The summed E-state index contributed by atoms with van der Waals surface area (Å²) in [5.41, 5.74) is 9.76. The Hall–Kier alpha value is -1.13. The molecule has 2 unspecified atom stereocenters. The third-order valence-corrected chi connectivity index (χ3v) is 4.61. The van der Waals surface area contributed by atoms with Gasteiger partial charge in [0.25, 0.3) is 0 Å². The van der Waals surface area contributed by atoms with E-state index >= 15 is 0 Å². The molecule has 1 heterocycles. The van der Waals surface area contributed by atoms with Crippen LogP contribution in [0.5, 0.6) is 0 Å². The monoisotopic (exact) mass is 321 g/mol. The van der Waals surface area contributed by atoms with Gasteiger partial charge in [0.15, 0.2) is 0 Å². The van der Waals surface area contributed by atoms with Gasteiger partial charge in [0.05, 0.1) is 15.9 Å². The average Bonchev–Trinajstić information content (AvgIpc) is 2.65. The molecule has 0 radical (unpaired) electrons. The maximum absolute atomic E-state index is 6.35. The van der Waals surface area contributed by atoms with Gasteiger partial charge in [0.2, 0.25) is 0 Å². The Morgan fingerprint density at radius 3 is 2.47 bits per heavy atom. The lowest BCUT2D eigenvalue weighted by atomic mass is 9.91. The zero-order valence-electron chi connectivity index (χ0n) is 11.6. The van der Waals surface area contributed by atoms with Crippen LogP contribution in [-0.4, -0.2) is 9.78 Å². The number of hydrogen-bond donors (Lipinski definition) is 1. The van der Waals surface area contributed by atoms with Crippen molar-refractivity contribution >= 4 is 15.9 Å². The summed E-state index contributed by atoms with van der Waals surface area (Å²) in [6, 6.07) is 10.3. The van der Waals surface area contributed by atoms with Gasteiger partial charge in [-0.3, -0.25) is 4.68 Å². The molecule has 0 aliphatic rings. The Kier molecular flexibility index (Phi) is 4.42. The quantitative estimate of drug-likeness (QED) is 0.938. The highest BCUT2D eigenvalue weighted by molar-refractivity contribution is 9.10. The number of benzene rings is 1. The summed E-state index contributed by atoms with van der Waals surface area (Å²) in [6.45, 7) is 4.20. The Balaban J connectivity index is 2.15. The number of halogens is 1. The zero-order chi connectivity index (χ0) is 14.0. The van der Waals surface area contributed by atoms with E-state index in [0.29, 0.717) is 5.92 Å². The predicted octanol–water partition coefficient (Wildman–Crippen LogP) is 3.37. The zero-order valence-corrected chi connectivity index (χ0v) is 13.2. The summed E-state index contributed by atoms with van der Waals surface area (Å²) in [6.07, 6.45) is 0.911. The number of rotatable bonds is 4. The molecule has 0 spiro atoms. The molecule has 2 N–H and O–H groups in total. The van der Waals surface area contributed by atoms with Gasteiger partial charge in [-0.05, 0) is 40.8 Å². The van der Waals surface area contributed by atoms with Gasteiger partial charge in [0, 0.05) is 13.1 Å². The van der Waals surface area contributed by atoms with Crippen LogP contribution in [0.15, 0.2) is 34.8 Å². The van der Waals surface area contributed by atoms with Gasteiger partial charge in [-0.25, -0.2) is 0 Å². The van der Waals surface area contributed by atoms with Crippen LogP contribution in [0.4, 0.5) is 0 Å². The standard InChI is InChI=1S/C15H20BrN3/c1-10(15(17)12-7-5-4-6-8-12)9-13-14(16)11(2)18-19(13)3/h4-8,10,15H,9,17H2,1-3H3. The van der Waals surface area contributed by atoms with E-state index in [1.165, 1.54) is 11.3 Å². The summed E-state index contributed by atoms with van der Waals surface area (Å²) < 4.78 is 3.04. The van der Waals surface area contributed by atoms with E-state index in [0.717, 1.165) is 16.6 Å². The van der Waals surface area contributed by atoms with Crippen molar-refractivity contribution in [2.45, 2.75) is 26.3 Å². The fourth-order valence-electron chi connectivity index (χ4n) is 2.34. The predicted molar refractivity (Wildman–Crippen MR) is 81.9 cm³/mol. The molecule has 0 aliphatic carbocycles. The molecule has 1 aromatic carbocycles. The Morgan fingerprint density at radius 1 is 1.32 bits per heavy atom. The summed E-state index contributed by atoms with van der Waals surface area (Å²) in [5, 5.41) is 4.42. The first-order valence-corrected chi connectivity index (χ1v) is 7.28. The van der Waals surface area contributed by atoms with E-state index in [1.807, 2.05) is 36.9 Å². The van der Waals surface area contributed by atoms with Crippen molar-refractivity contribution in [2.75, 3.05) is 0 Å². The van der Waals surface area contributed by atoms with E-state index < -0.39 is 0 Å². The lowest BCUT2D eigenvalue weighted by Crippen LogP contribution is -2.21. The summed E-state index contributed by atoms with van der Waals surface area (Å²) >= 11 is 3.61. The lowest BCUT2D eigenvalue weighted by molar-refractivity contribution is 0.453. The first-order chi connectivity index (χ1) is 9.00.